The van der Waals surface area contributed by atoms with Gasteiger partial charge in [0.25, 0.3) is 0 Å². The van der Waals surface area contributed by atoms with Gasteiger partial charge in [0.1, 0.15) is 0 Å². The van der Waals surface area contributed by atoms with E-state index < -0.39 is 5.60 Å². The smallest absolute Gasteiger partial charge is 0.0819 e. The van der Waals surface area contributed by atoms with E-state index in [0.717, 1.165) is 31.4 Å². The number of aliphatic hydroxyl groups is 1. The van der Waals surface area contributed by atoms with Crippen molar-refractivity contribution < 1.29 is 5.11 Å². The summed E-state index contributed by atoms with van der Waals surface area (Å²) in [6.45, 7) is 0.638. The van der Waals surface area contributed by atoms with Crippen LogP contribution >= 0.6 is 0 Å². The quantitative estimate of drug-likeness (QED) is 0.770. The summed E-state index contributed by atoms with van der Waals surface area (Å²) in [6.07, 6.45) is 10.4. The molecule has 0 amide bonds. The minimum absolute atomic E-state index is 0.521. The maximum absolute atomic E-state index is 10.4. The molecule has 90 valence electrons. The maximum atomic E-state index is 10.4. The van der Waals surface area contributed by atoms with E-state index in [4.69, 9.17) is 0 Å². The van der Waals surface area contributed by atoms with Gasteiger partial charge >= 0.3 is 0 Å². The van der Waals surface area contributed by atoms with Crippen LogP contribution in [0.4, 0.5) is 5.69 Å². The van der Waals surface area contributed by atoms with E-state index in [-0.39, 0.29) is 0 Å². The van der Waals surface area contributed by atoms with E-state index >= 15 is 0 Å². The third kappa shape index (κ3) is 2.98. The molecule has 2 N–H and O–H groups in total. The Labute approximate surface area is 96.7 Å². The van der Waals surface area contributed by atoms with E-state index in [1.807, 2.05) is 13.2 Å². The number of hydrogen-bond acceptors (Lipinski definition) is 3. The van der Waals surface area contributed by atoms with Crippen molar-refractivity contribution >= 4 is 5.69 Å². The molecule has 1 heterocycles. The first-order valence-corrected chi connectivity index (χ1v) is 6.13. The van der Waals surface area contributed by atoms with Crippen molar-refractivity contribution in [2.75, 3.05) is 11.9 Å². The fraction of sp³-hybridized carbons (Fsp3) is 0.750. The fourth-order valence-corrected chi connectivity index (χ4v) is 2.34. The largest absolute Gasteiger partial charge is 0.388 e. The molecule has 1 saturated carbocycles. The van der Waals surface area contributed by atoms with Gasteiger partial charge in [0, 0.05) is 19.8 Å². The van der Waals surface area contributed by atoms with Crippen molar-refractivity contribution in [2.24, 2.45) is 7.05 Å². The van der Waals surface area contributed by atoms with E-state index in [1.165, 1.54) is 12.8 Å². The second-order valence-corrected chi connectivity index (χ2v) is 4.89. The lowest BCUT2D eigenvalue weighted by Gasteiger charge is -2.26. The van der Waals surface area contributed by atoms with Crippen LogP contribution in [-0.2, 0) is 7.05 Å². The first kappa shape index (κ1) is 11.5. The molecule has 2 rings (SSSR count). The van der Waals surface area contributed by atoms with Gasteiger partial charge in [-0.05, 0) is 12.8 Å². The van der Waals surface area contributed by atoms with E-state index in [9.17, 15) is 5.11 Å². The van der Waals surface area contributed by atoms with E-state index in [1.54, 1.807) is 10.9 Å². The molecule has 1 fully saturated rings. The highest BCUT2D eigenvalue weighted by Crippen LogP contribution is 2.27. The Hall–Kier alpha value is -1.03. The number of aromatic nitrogens is 2. The number of nitrogens with zero attached hydrogens (tertiary/aromatic N) is 2. The Morgan fingerprint density at radius 2 is 2.06 bits per heavy atom. The summed E-state index contributed by atoms with van der Waals surface area (Å²) in [5, 5.41) is 17.8. The zero-order valence-corrected chi connectivity index (χ0v) is 9.95. The molecular formula is C12H21N3O. The molecule has 0 saturated heterocycles. The second-order valence-electron chi connectivity index (χ2n) is 4.89. The molecule has 0 bridgehead atoms. The highest BCUT2D eigenvalue weighted by Gasteiger charge is 2.27. The lowest BCUT2D eigenvalue weighted by Crippen LogP contribution is -2.36. The van der Waals surface area contributed by atoms with Crippen LogP contribution in [0.3, 0.4) is 0 Å². The van der Waals surface area contributed by atoms with Crippen molar-refractivity contribution in [1.82, 2.24) is 9.78 Å². The van der Waals surface area contributed by atoms with Gasteiger partial charge in [0.05, 0.1) is 17.5 Å². The van der Waals surface area contributed by atoms with E-state index in [0.29, 0.717) is 6.54 Å². The van der Waals surface area contributed by atoms with E-state index in [2.05, 4.69) is 10.4 Å². The second kappa shape index (κ2) is 4.87. The molecule has 1 aromatic heterocycles. The zero-order chi connectivity index (χ0) is 11.4. The Morgan fingerprint density at radius 3 is 2.62 bits per heavy atom. The Kier molecular flexibility index (Phi) is 3.49. The van der Waals surface area contributed by atoms with Gasteiger partial charge in [0.2, 0.25) is 0 Å². The van der Waals surface area contributed by atoms with Crippen LogP contribution in [0.15, 0.2) is 12.4 Å². The van der Waals surface area contributed by atoms with Crippen LogP contribution in [0.25, 0.3) is 0 Å². The molecule has 0 aromatic carbocycles. The van der Waals surface area contributed by atoms with Gasteiger partial charge < -0.3 is 10.4 Å². The van der Waals surface area contributed by atoms with Crippen LogP contribution in [0.2, 0.25) is 0 Å². The van der Waals surface area contributed by atoms with Crippen LogP contribution < -0.4 is 5.32 Å². The van der Waals surface area contributed by atoms with Gasteiger partial charge in [0.15, 0.2) is 0 Å². The standard InChI is InChI=1S/C12H21N3O/c1-15-9-11(8-14-15)13-10-12(16)6-4-2-3-5-7-12/h8-9,13,16H,2-7,10H2,1H3. The first-order valence-electron chi connectivity index (χ1n) is 6.13. The minimum atomic E-state index is -0.521. The molecule has 4 heteroatoms. The molecular weight excluding hydrogens is 202 g/mol. The van der Waals surface area contributed by atoms with Gasteiger partial charge in [-0.15, -0.1) is 0 Å². The predicted octanol–water partition coefficient (Wildman–Crippen LogP) is 1.92. The molecule has 16 heavy (non-hydrogen) atoms. The summed E-state index contributed by atoms with van der Waals surface area (Å²) in [6, 6.07) is 0. The third-order valence-corrected chi connectivity index (χ3v) is 3.36. The summed E-state index contributed by atoms with van der Waals surface area (Å²) >= 11 is 0. The highest BCUT2D eigenvalue weighted by molar-refractivity contribution is 5.38. The summed E-state index contributed by atoms with van der Waals surface area (Å²) < 4.78 is 1.76. The average Bonchev–Trinajstić information content (AvgIpc) is 2.54. The van der Waals surface area contributed by atoms with Crippen molar-refractivity contribution in [1.29, 1.82) is 0 Å². The molecule has 1 aliphatic carbocycles. The van der Waals surface area contributed by atoms with Gasteiger partial charge in [-0.1, -0.05) is 25.7 Å². The normalized spacial score (nSPS) is 20.4. The summed E-state index contributed by atoms with van der Waals surface area (Å²) in [4.78, 5) is 0. The molecule has 0 unspecified atom stereocenters. The molecule has 0 spiro atoms. The van der Waals surface area contributed by atoms with Crippen molar-refractivity contribution in [3.8, 4) is 0 Å². The van der Waals surface area contributed by atoms with Gasteiger partial charge in [-0.3, -0.25) is 4.68 Å². The van der Waals surface area contributed by atoms with Crippen LogP contribution in [0.5, 0.6) is 0 Å². The molecule has 0 atom stereocenters. The first-order chi connectivity index (χ1) is 7.68. The monoisotopic (exact) mass is 223 g/mol. The summed E-state index contributed by atoms with van der Waals surface area (Å²) in [7, 11) is 1.89. The fourth-order valence-electron chi connectivity index (χ4n) is 2.34. The Morgan fingerprint density at radius 1 is 1.38 bits per heavy atom. The highest BCUT2D eigenvalue weighted by atomic mass is 16.3. The topological polar surface area (TPSA) is 50.1 Å². The van der Waals surface area contributed by atoms with Crippen molar-refractivity contribution in [3.63, 3.8) is 0 Å². The number of aryl methyl sites for hydroxylation is 1. The van der Waals surface area contributed by atoms with Crippen LogP contribution in [0.1, 0.15) is 38.5 Å². The lowest BCUT2D eigenvalue weighted by atomic mass is 9.94. The van der Waals surface area contributed by atoms with Gasteiger partial charge in [-0.25, -0.2) is 0 Å². The number of hydrogen-bond donors (Lipinski definition) is 2. The minimum Gasteiger partial charge on any atom is -0.388 e. The van der Waals surface area contributed by atoms with Crippen LogP contribution in [-0.4, -0.2) is 27.0 Å². The van der Waals surface area contributed by atoms with Crippen molar-refractivity contribution in [2.45, 2.75) is 44.1 Å². The third-order valence-electron chi connectivity index (χ3n) is 3.36. The lowest BCUT2D eigenvalue weighted by molar-refractivity contribution is 0.0381. The number of rotatable bonds is 3. The summed E-state index contributed by atoms with van der Waals surface area (Å²) in [5.74, 6) is 0. The zero-order valence-electron chi connectivity index (χ0n) is 9.95. The predicted molar refractivity (Wildman–Crippen MR) is 64.3 cm³/mol. The molecule has 1 aliphatic rings. The molecule has 1 aromatic rings. The number of nitrogens with one attached hydrogen (secondary N) is 1. The Bertz CT molecular complexity index is 327. The Balaban J connectivity index is 1.87. The van der Waals surface area contributed by atoms with Crippen molar-refractivity contribution in [3.05, 3.63) is 12.4 Å². The SMILES string of the molecule is Cn1cc(NCC2(O)CCCCCC2)cn1. The van der Waals surface area contributed by atoms with Gasteiger partial charge in [-0.2, -0.15) is 5.10 Å². The molecule has 4 nitrogen and oxygen atoms in total. The maximum Gasteiger partial charge on any atom is 0.0819 e. The average molecular weight is 223 g/mol. The molecule has 0 aliphatic heterocycles. The number of anilines is 1. The summed E-state index contributed by atoms with van der Waals surface area (Å²) in [5.41, 5.74) is 0.465. The molecule has 0 radical (unpaired) electrons. The van der Waals surface area contributed by atoms with Crippen LogP contribution in [0, 0.1) is 0 Å².